The first-order valence-electron chi connectivity index (χ1n) is 6.35. The van der Waals surface area contributed by atoms with E-state index < -0.39 is 11.2 Å². The summed E-state index contributed by atoms with van der Waals surface area (Å²) in [5, 5.41) is 10.0. The fourth-order valence-corrected chi connectivity index (χ4v) is 1.54. The van der Waals surface area contributed by atoms with Crippen LogP contribution in [0.2, 0.25) is 0 Å². The van der Waals surface area contributed by atoms with Gasteiger partial charge in [-0.05, 0) is 39.8 Å². The smallest absolute Gasteiger partial charge is 0.309 e. The van der Waals surface area contributed by atoms with E-state index in [1.165, 1.54) is 0 Å². The summed E-state index contributed by atoms with van der Waals surface area (Å²) in [6.07, 6.45) is 3.35. The highest BCUT2D eigenvalue weighted by Gasteiger charge is 2.35. The quantitative estimate of drug-likeness (QED) is 0.836. The van der Waals surface area contributed by atoms with Crippen molar-refractivity contribution in [1.82, 2.24) is 9.97 Å². The van der Waals surface area contributed by atoms with E-state index in [-0.39, 0.29) is 0 Å². The van der Waals surface area contributed by atoms with E-state index in [1.54, 1.807) is 26.2 Å². The summed E-state index contributed by atoms with van der Waals surface area (Å²) in [5.74, 6) is 0. The van der Waals surface area contributed by atoms with Crippen molar-refractivity contribution < 1.29 is 9.76 Å². The summed E-state index contributed by atoms with van der Waals surface area (Å²) >= 11 is 0. The second kappa shape index (κ2) is 4.91. The average Bonchev–Trinajstić information content (AvgIpc) is 2.35. The van der Waals surface area contributed by atoms with Crippen LogP contribution >= 0.6 is 0 Å². The average molecular weight is 258 g/mol. The number of nitrogens with zero attached hydrogens (tertiary/aromatic N) is 2. The Labute approximate surface area is 114 Å². The lowest BCUT2D eigenvalue weighted by Gasteiger charge is -2.37. The minimum atomic E-state index is -0.899. The molecule has 1 heterocycles. The molecule has 0 aliphatic heterocycles. The van der Waals surface area contributed by atoms with Crippen LogP contribution in [0.15, 0.2) is 30.6 Å². The maximum Gasteiger partial charge on any atom is 0.309 e. The molecule has 0 spiro atoms. The molecule has 0 aliphatic rings. The molecule has 1 aromatic carbocycles. The van der Waals surface area contributed by atoms with Crippen molar-refractivity contribution in [2.75, 3.05) is 0 Å². The van der Waals surface area contributed by atoms with Crippen molar-refractivity contribution >= 4 is 24.0 Å². The van der Waals surface area contributed by atoms with Crippen LogP contribution in [0, 0.1) is 0 Å². The van der Waals surface area contributed by atoms with Crippen molar-refractivity contribution in [3.05, 3.63) is 30.6 Å². The van der Waals surface area contributed by atoms with Gasteiger partial charge in [0.1, 0.15) is 0 Å². The molecule has 0 fully saturated rings. The Bertz CT molecular complexity index is 579. The van der Waals surface area contributed by atoms with E-state index in [4.69, 9.17) is 4.65 Å². The Morgan fingerprint density at radius 3 is 2.32 bits per heavy atom. The van der Waals surface area contributed by atoms with Gasteiger partial charge in [0.05, 0.1) is 22.2 Å². The Kier molecular flexibility index (Phi) is 3.61. The van der Waals surface area contributed by atoms with Gasteiger partial charge in [0.25, 0.3) is 0 Å². The number of aliphatic hydroxyl groups is 1. The van der Waals surface area contributed by atoms with Crippen molar-refractivity contribution in [1.29, 1.82) is 0 Å². The lowest BCUT2D eigenvalue weighted by molar-refractivity contribution is -0.0893. The predicted octanol–water partition coefficient (Wildman–Crippen LogP) is 1.17. The molecule has 5 heteroatoms. The molecule has 2 aromatic rings. The second-order valence-corrected chi connectivity index (χ2v) is 5.74. The Morgan fingerprint density at radius 1 is 1.05 bits per heavy atom. The molecular formula is C14H19BN2O2. The molecule has 0 amide bonds. The van der Waals surface area contributed by atoms with Crippen molar-refractivity contribution in [3.8, 4) is 0 Å². The van der Waals surface area contributed by atoms with Gasteiger partial charge in [-0.25, -0.2) is 0 Å². The fourth-order valence-electron chi connectivity index (χ4n) is 1.54. The molecule has 1 aromatic heterocycles. The van der Waals surface area contributed by atoms with Crippen LogP contribution in [0.1, 0.15) is 27.7 Å². The second-order valence-electron chi connectivity index (χ2n) is 5.74. The summed E-state index contributed by atoms with van der Waals surface area (Å²) in [7, 11) is 0.434. The molecule has 0 unspecified atom stereocenters. The molecule has 0 saturated carbocycles. The summed E-state index contributed by atoms with van der Waals surface area (Å²) in [4.78, 5) is 8.49. The molecule has 0 radical (unpaired) electrons. The molecule has 4 nitrogen and oxygen atoms in total. The van der Waals surface area contributed by atoms with E-state index in [9.17, 15) is 5.11 Å². The largest absolute Gasteiger partial charge is 0.427 e. The van der Waals surface area contributed by atoms with E-state index in [1.807, 2.05) is 32.0 Å². The van der Waals surface area contributed by atoms with E-state index in [2.05, 4.69) is 9.97 Å². The van der Waals surface area contributed by atoms with Gasteiger partial charge in [0, 0.05) is 12.4 Å². The predicted molar refractivity (Wildman–Crippen MR) is 77.8 cm³/mol. The third kappa shape index (κ3) is 3.11. The molecule has 19 heavy (non-hydrogen) atoms. The third-order valence-electron chi connectivity index (χ3n) is 3.61. The maximum atomic E-state index is 10.0. The summed E-state index contributed by atoms with van der Waals surface area (Å²) in [6.45, 7) is 7.26. The van der Waals surface area contributed by atoms with Gasteiger partial charge >= 0.3 is 7.48 Å². The summed E-state index contributed by atoms with van der Waals surface area (Å²) in [6, 6.07) is 5.86. The summed E-state index contributed by atoms with van der Waals surface area (Å²) < 4.78 is 5.83. The SMILES string of the molecule is CC(C)(O)C(C)(C)OBc1ccc2nccnc2c1. The van der Waals surface area contributed by atoms with Gasteiger partial charge < -0.3 is 9.76 Å². The molecule has 0 bridgehead atoms. The highest BCUT2D eigenvalue weighted by Crippen LogP contribution is 2.24. The fraction of sp³-hybridized carbons (Fsp3) is 0.429. The monoisotopic (exact) mass is 258 g/mol. The van der Waals surface area contributed by atoms with E-state index in [0.29, 0.717) is 7.48 Å². The lowest BCUT2D eigenvalue weighted by atomic mass is 9.82. The molecule has 0 atom stereocenters. The molecule has 0 saturated heterocycles. The number of aromatic nitrogens is 2. The van der Waals surface area contributed by atoms with Gasteiger partial charge in [0.15, 0.2) is 0 Å². The van der Waals surface area contributed by atoms with Crippen LogP contribution in [-0.2, 0) is 4.65 Å². The van der Waals surface area contributed by atoms with Crippen LogP contribution in [0.3, 0.4) is 0 Å². The van der Waals surface area contributed by atoms with Crippen LogP contribution in [0.25, 0.3) is 11.0 Å². The van der Waals surface area contributed by atoms with Crippen LogP contribution < -0.4 is 5.46 Å². The first kappa shape index (κ1) is 14.0. The minimum Gasteiger partial charge on any atom is -0.427 e. The number of hydrogen-bond donors (Lipinski definition) is 1. The van der Waals surface area contributed by atoms with Gasteiger partial charge in [-0.3, -0.25) is 9.97 Å². The Balaban J connectivity index is 2.14. The number of hydrogen-bond acceptors (Lipinski definition) is 4. The normalized spacial score (nSPS) is 12.7. The number of benzene rings is 1. The van der Waals surface area contributed by atoms with Gasteiger partial charge in [0.2, 0.25) is 0 Å². The summed E-state index contributed by atoms with van der Waals surface area (Å²) in [5.41, 5.74) is 1.22. The van der Waals surface area contributed by atoms with E-state index >= 15 is 0 Å². The van der Waals surface area contributed by atoms with Gasteiger partial charge in [-0.1, -0.05) is 11.5 Å². The Hall–Kier alpha value is -1.46. The zero-order valence-corrected chi connectivity index (χ0v) is 11.8. The highest BCUT2D eigenvalue weighted by atomic mass is 16.5. The lowest BCUT2D eigenvalue weighted by Crippen LogP contribution is -2.49. The standard InChI is InChI=1S/C14H19BN2O2/c1-13(2,18)14(3,4)19-15-10-5-6-11-12(9-10)17-8-7-16-11/h5-9,15,18H,1-4H3. The number of fused-ring (bicyclic) bond motifs is 1. The molecule has 1 N–H and O–H groups in total. The molecule has 2 rings (SSSR count). The maximum absolute atomic E-state index is 10.0. The first-order chi connectivity index (χ1) is 8.79. The van der Waals surface area contributed by atoms with Gasteiger partial charge in [-0.15, -0.1) is 0 Å². The highest BCUT2D eigenvalue weighted by molar-refractivity contribution is 6.47. The zero-order valence-electron chi connectivity index (χ0n) is 11.8. The molecular weight excluding hydrogens is 239 g/mol. The van der Waals surface area contributed by atoms with Crippen molar-refractivity contribution in [2.45, 2.75) is 38.9 Å². The van der Waals surface area contributed by atoms with Crippen LogP contribution in [0.4, 0.5) is 0 Å². The first-order valence-corrected chi connectivity index (χ1v) is 6.35. The van der Waals surface area contributed by atoms with Crippen molar-refractivity contribution in [2.24, 2.45) is 0 Å². The zero-order chi connectivity index (χ0) is 14.1. The molecule has 0 aliphatic carbocycles. The number of rotatable bonds is 4. The molecule has 100 valence electrons. The minimum absolute atomic E-state index is 0.434. The van der Waals surface area contributed by atoms with Gasteiger partial charge in [-0.2, -0.15) is 0 Å². The Morgan fingerprint density at radius 2 is 1.68 bits per heavy atom. The van der Waals surface area contributed by atoms with Crippen LogP contribution in [0.5, 0.6) is 0 Å². The topological polar surface area (TPSA) is 55.2 Å². The van der Waals surface area contributed by atoms with Crippen molar-refractivity contribution in [3.63, 3.8) is 0 Å². The van der Waals surface area contributed by atoms with E-state index in [0.717, 1.165) is 16.5 Å². The third-order valence-corrected chi connectivity index (χ3v) is 3.61. The van der Waals surface area contributed by atoms with Crippen LogP contribution in [-0.4, -0.2) is 33.8 Å².